The lowest BCUT2D eigenvalue weighted by Crippen LogP contribution is -2.39. The maximum atomic E-state index is 12.8. The number of carbonyl (C=O) groups excluding carboxylic acids is 1. The molecule has 1 aliphatic rings. The number of amides is 1. The highest BCUT2D eigenvalue weighted by molar-refractivity contribution is 7.90. The third-order valence-corrected chi connectivity index (χ3v) is 5.76. The zero-order valence-electron chi connectivity index (χ0n) is 14.2. The molecule has 6 nitrogen and oxygen atoms in total. The van der Waals surface area contributed by atoms with Gasteiger partial charge in [-0.1, -0.05) is 0 Å². The first kappa shape index (κ1) is 18.4. The Morgan fingerprint density at radius 2 is 1.79 bits per heavy atom. The van der Waals surface area contributed by atoms with E-state index >= 15 is 0 Å². The molecule has 0 unspecified atom stereocenters. The van der Waals surface area contributed by atoms with Crippen molar-refractivity contribution >= 4 is 21.7 Å². The SMILES string of the molecule is Cc1cc(S(C)(=O)=O)cc(C(=O)N2CCC(CC(=O)O)CC2)c1C. The zero-order chi connectivity index (χ0) is 18.1. The van der Waals surface area contributed by atoms with Gasteiger partial charge < -0.3 is 10.0 Å². The van der Waals surface area contributed by atoms with E-state index in [1.54, 1.807) is 17.9 Å². The Morgan fingerprint density at radius 3 is 2.29 bits per heavy atom. The first-order valence-corrected chi connectivity index (χ1v) is 9.81. The largest absolute Gasteiger partial charge is 0.481 e. The smallest absolute Gasteiger partial charge is 0.303 e. The first-order chi connectivity index (χ1) is 11.1. The molecule has 1 aliphatic heterocycles. The number of rotatable bonds is 4. The van der Waals surface area contributed by atoms with Crippen LogP contribution in [0.3, 0.4) is 0 Å². The van der Waals surface area contributed by atoms with Gasteiger partial charge in [0.05, 0.1) is 4.90 Å². The van der Waals surface area contributed by atoms with Crippen LogP contribution in [-0.4, -0.2) is 49.6 Å². The lowest BCUT2D eigenvalue weighted by molar-refractivity contribution is -0.138. The van der Waals surface area contributed by atoms with Crippen LogP contribution in [0.4, 0.5) is 0 Å². The molecule has 0 bridgehead atoms. The van der Waals surface area contributed by atoms with Crippen molar-refractivity contribution in [3.63, 3.8) is 0 Å². The number of aryl methyl sites for hydroxylation is 1. The van der Waals surface area contributed by atoms with Crippen molar-refractivity contribution in [1.82, 2.24) is 4.90 Å². The van der Waals surface area contributed by atoms with Crippen molar-refractivity contribution in [2.75, 3.05) is 19.3 Å². The summed E-state index contributed by atoms with van der Waals surface area (Å²) in [7, 11) is -3.39. The summed E-state index contributed by atoms with van der Waals surface area (Å²) in [4.78, 5) is 25.4. The van der Waals surface area contributed by atoms with Crippen LogP contribution in [0.2, 0.25) is 0 Å². The lowest BCUT2D eigenvalue weighted by atomic mass is 9.93. The van der Waals surface area contributed by atoms with Gasteiger partial charge in [-0.25, -0.2) is 8.42 Å². The number of hydrogen-bond acceptors (Lipinski definition) is 4. The minimum atomic E-state index is -3.39. The second-order valence-electron chi connectivity index (χ2n) is 6.52. The molecular weight excluding hydrogens is 330 g/mol. The Kier molecular flexibility index (Phi) is 5.32. The van der Waals surface area contributed by atoms with E-state index in [2.05, 4.69) is 0 Å². The van der Waals surface area contributed by atoms with E-state index in [0.717, 1.165) is 17.4 Å². The number of benzene rings is 1. The summed E-state index contributed by atoms with van der Waals surface area (Å²) in [6.45, 7) is 4.60. The number of carbonyl (C=O) groups is 2. The predicted octanol–water partition coefficient (Wildman–Crippen LogP) is 2.03. The molecule has 2 rings (SSSR count). The number of carboxylic acid groups (broad SMARTS) is 1. The van der Waals surface area contributed by atoms with Gasteiger partial charge in [0, 0.05) is 31.3 Å². The average Bonchev–Trinajstić information content (AvgIpc) is 2.48. The van der Waals surface area contributed by atoms with Crippen LogP contribution in [0.5, 0.6) is 0 Å². The van der Waals surface area contributed by atoms with E-state index in [4.69, 9.17) is 5.11 Å². The Hall–Kier alpha value is -1.89. The normalized spacial score (nSPS) is 16.2. The predicted molar refractivity (Wildman–Crippen MR) is 89.9 cm³/mol. The fourth-order valence-corrected chi connectivity index (χ4v) is 3.74. The van der Waals surface area contributed by atoms with Gasteiger partial charge in [0.25, 0.3) is 5.91 Å². The lowest BCUT2D eigenvalue weighted by Gasteiger charge is -2.32. The molecule has 132 valence electrons. The summed E-state index contributed by atoms with van der Waals surface area (Å²) in [5, 5.41) is 8.86. The molecule has 1 N–H and O–H groups in total. The minimum Gasteiger partial charge on any atom is -0.481 e. The average molecular weight is 353 g/mol. The molecule has 1 amide bonds. The van der Waals surface area contributed by atoms with Crippen molar-refractivity contribution in [2.45, 2.75) is 38.0 Å². The zero-order valence-corrected chi connectivity index (χ0v) is 15.0. The fourth-order valence-electron chi connectivity index (χ4n) is 3.02. The first-order valence-electron chi connectivity index (χ1n) is 7.92. The quantitative estimate of drug-likeness (QED) is 0.894. The maximum absolute atomic E-state index is 12.8. The summed E-state index contributed by atoms with van der Waals surface area (Å²) in [6, 6.07) is 3.03. The number of aliphatic carboxylic acids is 1. The van der Waals surface area contributed by atoms with Gasteiger partial charge in [-0.15, -0.1) is 0 Å². The molecule has 1 aromatic carbocycles. The Morgan fingerprint density at radius 1 is 1.21 bits per heavy atom. The molecule has 1 heterocycles. The number of nitrogens with zero attached hydrogens (tertiary/aromatic N) is 1. The molecule has 0 saturated carbocycles. The van der Waals surface area contributed by atoms with Gasteiger partial charge in [0.2, 0.25) is 0 Å². The highest BCUT2D eigenvalue weighted by Crippen LogP contribution is 2.25. The van der Waals surface area contributed by atoms with E-state index in [0.29, 0.717) is 31.5 Å². The van der Waals surface area contributed by atoms with Crippen LogP contribution in [0, 0.1) is 19.8 Å². The molecule has 24 heavy (non-hydrogen) atoms. The van der Waals surface area contributed by atoms with Crippen LogP contribution in [0.15, 0.2) is 17.0 Å². The molecule has 1 saturated heterocycles. The van der Waals surface area contributed by atoms with Crippen molar-refractivity contribution in [3.8, 4) is 0 Å². The molecule has 1 aromatic rings. The van der Waals surface area contributed by atoms with Gasteiger partial charge in [0.15, 0.2) is 9.84 Å². The van der Waals surface area contributed by atoms with Crippen molar-refractivity contribution < 1.29 is 23.1 Å². The van der Waals surface area contributed by atoms with Gasteiger partial charge in [-0.2, -0.15) is 0 Å². The van der Waals surface area contributed by atoms with E-state index in [1.807, 2.05) is 6.92 Å². The number of sulfone groups is 1. The van der Waals surface area contributed by atoms with Crippen LogP contribution >= 0.6 is 0 Å². The molecule has 0 spiro atoms. The van der Waals surface area contributed by atoms with Gasteiger partial charge >= 0.3 is 5.97 Å². The molecule has 0 aliphatic carbocycles. The number of piperidine rings is 1. The summed E-state index contributed by atoms with van der Waals surface area (Å²) >= 11 is 0. The van der Waals surface area contributed by atoms with E-state index in [-0.39, 0.29) is 23.1 Å². The third kappa shape index (κ3) is 4.14. The number of hydrogen-bond donors (Lipinski definition) is 1. The van der Waals surface area contributed by atoms with Crippen molar-refractivity contribution in [1.29, 1.82) is 0 Å². The number of carboxylic acids is 1. The summed E-state index contributed by atoms with van der Waals surface area (Å²) in [5.74, 6) is -0.904. The van der Waals surface area contributed by atoms with Crippen molar-refractivity contribution in [3.05, 3.63) is 28.8 Å². The highest BCUT2D eigenvalue weighted by Gasteiger charge is 2.26. The second kappa shape index (κ2) is 6.93. The summed E-state index contributed by atoms with van der Waals surface area (Å²) in [5.41, 5.74) is 1.95. The van der Waals surface area contributed by atoms with E-state index in [1.165, 1.54) is 6.07 Å². The Balaban J connectivity index is 2.22. The molecule has 7 heteroatoms. The molecule has 1 fully saturated rings. The summed E-state index contributed by atoms with van der Waals surface area (Å²) in [6.07, 6.45) is 2.57. The van der Waals surface area contributed by atoms with Gasteiger partial charge in [0.1, 0.15) is 0 Å². The van der Waals surface area contributed by atoms with E-state index < -0.39 is 15.8 Å². The molecule has 0 radical (unpaired) electrons. The van der Waals surface area contributed by atoms with Gasteiger partial charge in [-0.3, -0.25) is 9.59 Å². The molecule has 0 aromatic heterocycles. The van der Waals surface area contributed by atoms with Crippen LogP contribution < -0.4 is 0 Å². The van der Waals surface area contributed by atoms with E-state index in [9.17, 15) is 18.0 Å². The minimum absolute atomic E-state index is 0.0942. The molecular formula is C17H23NO5S. The Labute approximate surface area is 142 Å². The number of likely N-dealkylation sites (tertiary alicyclic amines) is 1. The monoisotopic (exact) mass is 353 g/mol. The fraction of sp³-hybridized carbons (Fsp3) is 0.529. The van der Waals surface area contributed by atoms with Gasteiger partial charge in [-0.05, 0) is 55.9 Å². The standard InChI is InChI=1S/C17H23NO5S/c1-11-8-14(24(3,22)23)10-15(12(11)2)17(21)18-6-4-13(5-7-18)9-16(19)20/h8,10,13H,4-7,9H2,1-3H3,(H,19,20). The van der Waals surface area contributed by atoms with Crippen LogP contribution in [-0.2, 0) is 14.6 Å². The van der Waals surface area contributed by atoms with Crippen LogP contribution in [0.25, 0.3) is 0 Å². The topological polar surface area (TPSA) is 91.8 Å². The van der Waals surface area contributed by atoms with Crippen LogP contribution in [0.1, 0.15) is 40.7 Å². The summed E-state index contributed by atoms with van der Waals surface area (Å²) < 4.78 is 23.6. The molecule has 0 atom stereocenters. The Bertz CT molecular complexity index is 761. The highest BCUT2D eigenvalue weighted by atomic mass is 32.2. The third-order valence-electron chi connectivity index (χ3n) is 4.66. The second-order valence-corrected chi connectivity index (χ2v) is 8.53. The van der Waals surface area contributed by atoms with Crippen molar-refractivity contribution in [2.24, 2.45) is 5.92 Å². The maximum Gasteiger partial charge on any atom is 0.303 e.